The number of nitrogens with two attached hydrogens (primary N) is 1. The van der Waals surface area contributed by atoms with Gasteiger partial charge >= 0.3 is 0 Å². The number of imidazole rings is 1. The number of hydrogen-bond donors (Lipinski definition) is 1. The molecular formula is C11H20N4. The van der Waals surface area contributed by atoms with Gasteiger partial charge in [0, 0.05) is 26.1 Å². The van der Waals surface area contributed by atoms with E-state index in [9.17, 15) is 0 Å². The van der Waals surface area contributed by atoms with Gasteiger partial charge in [0.15, 0.2) is 0 Å². The van der Waals surface area contributed by atoms with Crippen molar-refractivity contribution in [2.24, 2.45) is 5.73 Å². The average Bonchev–Trinajstić information content (AvgIpc) is 2.63. The van der Waals surface area contributed by atoms with Crippen LogP contribution in [0.4, 0.5) is 0 Å². The molecule has 1 aromatic heterocycles. The van der Waals surface area contributed by atoms with E-state index in [4.69, 9.17) is 5.73 Å². The van der Waals surface area contributed by atoms with E-state index < -0.39 is 0 Å². The highest BCUT2D eigenvalue weighted by molar-refractivity contribution is 5.15. The molecule has 0 fully saturated rings. The van der Waals surface area contributed by atoms with Gasteiger partial charge in [-0.2, -0.15) is 0 Å². The summed E-state index contributed by atoms with van der Waals surface area (Å²) in [6.45, 7) is 7.38. The zero-order valence-electron chi connectivity index (χ0n) is 9.45. The summed E-state index contributed by atoms with van der Waals surface area (Å²) in [7, 11) is 0. The molecule has 1 aliphatic rings. The van der Waals surface area contributed by atoms with Crippen molar-refractivity contribution in [3.05, 3.63) is 17.7 Å². The molecule has 0 amide bonds. The molecule has 0 saturated heterocycles. The Kier molecular flexibility index (Phi) is 3.38. The lowest BCUT2D eigenvalue weighted by Crippen LogP contribution is -2.34. The third-order valence-corrected chi connectivity index (χ3v) is 2.98. The van der Waals surface area contributed by atoms with Crippen LogP contribution in [0.25, 0.3) is 0 Å². The lowest BCUT2D eigenvalue weighted by Gasteiger charge is -2.28. The first-order valence-electron chi connectivity index (χ1n) is 5.80. The predicted octanol–water partition coefficient (Wildman–Crippen LogP) is 0.610. The molecule has 0 aromatic carbocycles. The lowest BCUT2D eigenvalue weighted by atomic mass is 10.2. The van der Waals surface area contributed by atoms with Gasteiger partial charge in [-0.05, 0) is 19.5 Å². The van der Waals surface area contributed by atoms with Crippen molar-refractivity contribution in [1.29, 1.82) is 0 Å². The summed E-state index contributed by atoms with van der Waals surface area (Å²) in [6, 6.07) is 0. The fourth-order valence-electron chi connectivity index (χ4n) is 2.22. The van der Waals surface area contributed by atoms with E-state index in [0.717, 1.165) is 26.1 Å². The summed E-state index contributed by atoms with van der Waals surface area (Å²) in [5, 5.41) is 0. The Labute approximate surface area is 91.1 Å². The van der Waals surface area contributed by atoms with Crippen LogP contribution in [0, 0.1) is 0 Å². The largest absolute Gasteiger partial charge is 0.332 e. The maximum absolute atomic E-state index is 5.58. The van der Waals surface area contributed by atoms with Crippen molar-refractivity contribution in [3.63, 3.8) is 0 Å². The van der Waals surface area contributed by atoms with E-state index in [-0.39, 0.29) is 0 Å². The van der Waals surface area contributed by atoms with Crippen molar-refractivity contribution in [3.8, 4) is 0 Å². The van der Waals surface area contributed by atoms with Crippen LogP contribution in [0.5, 0.6) is 0 Å². The molecule has 2 N–H and O–H groups in total. The SMILES string of the molecule is CCCN1CCn2cnc(CCN)c2C1. The molecule has 0 saturated carbocycles. The minimum Gasteiger partial charge on any atom is -0.332 e. The fraction of sp³-hybridized carbons (Fsp3) is 0.727. The smallest absolute Gasteiger partial charge is 0.0952 e. The summed E-state index contributed by atoms with van der Waals surface area (Å²) >= 11 is 0. The Morgan fingerprint density at radius 2 is 2.33 bits per heavy atom. The van der Waals surface area contributed by atoms with E-state index >= 15 is 0 Å². The Bertz CT molecular complexity index is 318. The normalized spacial score (nSPS) is 16.7. The fourth-order valence-corrected chi connectivity index (χ4v) is 2.22. The summed E-state index contributed by atoms with van der Waals surface area (Å²) in [5.74, 6) is 0. The third kappa shape index (κ3) is 2.21. The van der Waals surface area contributed by atoms with Gasteiger partial charge in [0.05, 0.1) is 17.7 Å². The standard InChI is InChI=1S/C11H20N4/c1-2-5-14-6-7-15-9-13-10(3-4-12)11(15)8-14/h9H,2-8,12H2,1H3. The molecule has 0 spiro atoms. The molecule has 1 aromatic rings. The number of rotatable bonds is 4. The number of hydrogen-bond acceptors (Lipinski definition) is 3. The van der Waals surface area contributed by atoms with E-state index in [2.05, 4.69) is 21.4 Å². The Balaban J connectivity index is 2.11. The number of aromatic nitrogens is 2. The van der Waals surface area contributed by atoms with Crippen molar-refractivity contribution in [2.75, 3.05) is 19.6 Å². The highest BCUT2D eigenvalue weighted by Gasteiger charge is 2.18. The summed E-state index contributed by atoms with van der Waals surface area (Å²) in [4.78, 5) is 6.94. The van der Waals surface area contributed by atoms with Gasteiger partial charge < -0.3 is 10.3 Å². The van der Waals surface area contributed by atoms with Crippen molar-refractivity contribution >= 4 is 0 Å². The van der Waals surface area contributed by atoms with Gasteiger partial charge in [-0.1, -0.05) is 6.92 Å². The molecule has 0 aliphatic carbocycles. The van der Waals surface area contributed by atoms with Gasteiger partial charge in [-0.25, -0.2) is 4.98 Å². The monoisotopic (exact) mass is 208 g/mol. The van der Waals surface area contributed by atoms with Crippen LogP contribution in [0.2, 0.25) is 0 Å². The van der Waals surface area contributed by atoms with Crippen molar-refractivity contribution in [2.45, 2.75) is 32.9 Å². The molecule has 1 aliphatic heterocycles. The van der Waals surface area contributed by atoms with Gasteiger partial charge in [0.1, 0.15) is 0 Å². The Morgan fingerprint density at radius 3 is 3.07 bits per heavy atom. The first-order chi connectivity index (χ1) is 7.35. The number of fused-ring (bicyclic) bond motifs is 1. The maximum atomic E-state index is 5.58. The summed E-state index contributed by atoms with van der Waals surface area (Å²) in [5.41, 5.74) is 8.15. The second kappa shape index (κ2) is 4.77. The van der Waals surface area contributed by atoms with Crippen LogP contribution >= 0.6 is 0 Å². The molecular weight excluding hydrogens is 188 g/mol. The van der Waals surface area contributed by atoms with E-state index in [1.54, 1.807) is 0 Å². The topological polar surface area (TPSA) is 47.1 Å². The van der Waals surface area contributed by atoms with E-state index in [0.29, 0.717) is 6.54 Å². The lowest BCUT2D eigenvalue weighted by molar-refractivity contribution is 0.221. The third-order valence-electron chi connectivity index (χ3n) is 2.98. The summed E-state index contributed by atoms with van der Waals surface area (Å²) in [6.07, 6.45) is 4.09. The van der Waals surface area contributed by atoms with Gasteiger partial charge in [-0.15, -0.1) is 0 Å². The van der Waals surface area contributed by atoms with Gasteiger partial charge in [-0.3, -0.25) is 4.90 Å². The molecule has 2 rings (SSSR count). The molecule has 84 valence electrons. The van der Waals surface area contributed by atoms with Crippen molar-refractivity contribution < 1.29 is 0 Å². The molecule has 4 nitrogen and oxygen atoms in total. The van der Waals surface area contributed by atoms with Crippen LogP contribution in [0.1, 0.15) is 24.7 Å². The minimum atomic E-state index is 0.692. The number of nitrogens with zero attached hydrogens (tertiary/aromatic N) is 3. The highest BCUT2D eigenvalue weighted by Crippen LogP contribution is 2.16. The molecule has 4 heteroatoms. The zero-order chi connectivity index (χ0) is 10.7. The Morgan fingerprint density at radius 1 is 1.47 bits per heavy atom. The molecule has 2 heterocycles. The van der Waals surface area contributed by atoms with Crippen molar-refractivity contribution in [1.82, 2.24) is 14.5 Å². The first kappa shape index (κ1) is 10.6. The van der Waals surface area contributed by atoms with Crippen LogP contribution < -0.4 is 5.73 Å². The van der Waals surface area contributed by atoms with Gasteiger partial charge in [0.25, 0.3) is 0 Å². The molecule has 0 atom stereocenters. The van der Waals surface area contributed by atoms with Crippen LogP contribution in [-0.4, -0.2) is 34.1 Å². The van der Waals surface area contributed by atoms with Crippen LogP contribution in [-0.2, 0) is 19.5 Å². The Hall–Kier alpha value is -0.870. The zero-order valence-corrected chi connectivity index (χ0v) is 9.45. The second-order valence-corrected chi connectivity index (χ2v) is 4.15. The van der Waals surface area contributed by atoms with Crippen LogP contribution in [0.15, 0.2) is 6.33 Å². The highest BCUT2D eigenvalue weighted by atomic mass is 15.2. The van der Waals surface area contributed by atoms with E-state index in [1.165, 1.54) is 24.4 Å². The average molecular weight is 208 g/mol. The summed E-state index contributed by atoms with van der Waals surface area (Å²) < 4.78 is 2.27. The molecule has 15 heavy (non-hydrogen) atoms. The van der Waals surface area contributed by atoms with Crippen LogP contribution in [0.3, 0.4) is 0 Å². The van der Waals surface area contributed by atoms with E-state index in [1.807, 2.05) is 6.33 Å². The molecule has 0 bridgehead atoms. The second-order valence-electron chi connectivity index (χ2n) is 4.15. The first-order valence-corrected chi connectivity index (χ1v) is 5.80. The predicted molar refractivity (Wildman–Crippen MR) is 60.6 cm³/mol. The quantitative estimate of drug-likeness (QED) is 0.788. The maximum Gasteiger partial charge on any atom is 0.0952 e. The minimum absolute atomic E-state index is 0.692. The van der Waals surface area contributed by atoms with Gasteiger partial charge in [0.2, 0.25) is 0 Å². The molecule has 0 radical (unpaired) electrons. The molecule has 0 unspecified atom stereocenters.